The molecule has 0 aliphatic rings. The van der Waals surface area contributed by atoms with Gasteiger partial charge in [0.15, 0.2) is 12.1 Å². The number of nitrogens with zero attached hydrogens (tertiary/aromatic N) is 2. The average molecular weight is 191 g/mol. The lowest BCUT2D eigenvalue weighted by Crippen LogP contribution is -2.18. The summed E-state index contributed by atoms with van der Waals surface area (Å²) in [6, 6.07) is 0. The maximum absolute atomic E-state index is 10.4. The highest BCUT2D eigenvalue weighted by molar-refractivity contribution is 6.27. The second kappa shape index (κ2) is 9.12. The minimum Gasteiger partial charge on any atom is -0.294 e. The zero-order chi connectivity index (χ0) is 10.6. The Morgan fingerprint density at radius 2 is 2.21 bits per heavy atom. The summed E-state index contributed by atoms with van der Waals surface area (Å²) >= 11 is 0. The summed E-state index contributed by atoms with van der Waals surface area (Å²) in [7, 11) is 0. The SMILES string of the molecule is C=C/C=N/NC(C=O)=N/C=C/CC=C. The van der Waals surface area contributed by atoms with Crippen LogP contribution < -0.4 is 5.43 Å². The number of allylic oxidation sites excluding steroid dienone is 3. The minimum atomic E-state index is 0.142. The second-order valence-electron chi connectivity index (χ2n) is 2.17. The van der Waals surface area contributed by atoms with E-state index in [-0.39, 0.29) is 5.84 Å². The lowest BCUT2D eigenvalue weighted by atomic mass is 10.4. The number of aliphatic imine (C=N–C) groups is 1. The van der Waals surface area contributed by atoms with Crippen LogP contribution in [0.15, 0.2) is 47.7 Å². The molecule has 0 heterocycles. The zero-order valence-electron chi connectivity index (χ0n) is 7.89. The molecule has 0 atom stereocenters. The van der Waals surface area contributed by atoms with Crippen LogP contribution in [0.3, 0.4) is 0 Å². The summed E-state index contributed by atoms with van der Waals surface area (Å²) in [5.74, 6) is 0.142. The molecule has 0 fully saturated rings. The van der Waals surface area contributed by atoms with Gasteiger partial charge in [-0.25, -0.2) is 4.99 Å². The van der Waals surface area contributed by atoms with Gasteiger partial charge in [0, 0.05) is 12.4 Å². The largest absolute Gasteiger partial charge is 0.294 e. The van der Waals surface area contributed by atoms with E-state index >= 15 is 0 Å². The molecule has 0 rings (SSSR count). The first-order valence-corrected chi connectivity index (χ1v) is 4.04. The van der Waals surface area contributed by atoms with Gasteiger partial charge in [-0.05, 0) is 12.5 Å². The number of aldehydes is 1. The third kappa shape index (κ3) is 6.72. The summed E-state index contributed by atoms with van der Waals surface area (Å²) in [4.78, 5) is 14.2. The number of carbonyl (C=O) groups is 1. The van der Waals surface area contributed by atoms with Crippen molar-refractivity contribution >= 4 is 18.3 Å². The van der Waals surface area contributed by atoms with Crippen molar-refractivity contribution in [3.8, 4) is 0 Å². The highest BCUT2D eigenvalue weighted by Crippen LogP contribution is 1.83. The summed E-state index contributed by atoms with van der Waals surface area (Å²) in [5.41, 5.74) is 2.45. The third-order valence-corrected chi connectivity index (χ3v) is 1.09. The number of nitrogens with one attached hydrogen (secondary N) is 1. The van der Waals surface area contributed by atoms with E-state index in [1.165, 1.54) is 18.5 Å². The lowest BCUT2D eigenvalue weighted by molar-refractivity contribution is -0.102. The number of amidine groups is 1. The molecule has 1 N–H and O–H groups in total. The fourth-order valence-corrected chi connectivity index (χ4v) is 0.532. The molecule has 0 bridgehead atoms. The number of hydrogen-bond acceptors (Lipinski definition) is 3. The van der Waals surface area contributed by atoms with Gasteiger partial charge >= 0.3 is 0 Å². The Bertz CT molecular complexity index is 277. The Hall–Kier alpha value is -1.97. The monoisotopic (exact) mass is 191 g/mol. The van der Waals surface area contributed by atoms with Crippen molar-refractivity contribution in [1.29, 1.82) is 0 Å². The first-order chi connectivity index (χ1) is 6.85. The predicted octanol–water partition coefficient (Wildman–Crippen LogP) is 1.44. The van der Waals surface area contributed by atoms with Crippen molar-refractivity contribution in [3.05, 3.63) is 37.6 Å². The molecular weight excluding hydrogens is 178 g/mol. The first-order valence-electron chi connectivity index (χ1n) is 4.04. The molecule has 0 aromatic heterocycles. The van der Waals surface area contributed by atoms with E-state index in [0.717, 1.165) is 0 Å². The Kier molecular flexibility index (Phi) is 7.84. The molecule has 0 aromatic rings. The fraction of sp³-hybridized carbons (Fsp3) is 0.100. The van der Waals surface area contributed by atoms with Gasteiger partial charge < -0.3 is 0 Å². The number of hydrazone groups is 1. The van der Waals surface area contributed by atoms with Crippen molar-refractivity contribution in [2.24, 2.45) is 10.1 Å². The van der Waals surface area contributed by atoms with Crippen LogP contribution in [0.4, 0.5) is 0 Å². The molecule has 0 amide bonds. The highest BCUT2D eigenvalue weighted by Gasteiger charge is 1.88. The Labute approximate surface area is 83.4 Å². The molecule has 0 radical (unpaired) electrons. The Morgan fingerprint density at radius 3 is 2.79 bits per heavy atom. The number of rotatable bonds is 6. The molecule has 0 aliphatic heterocycles. The third-order valence-electron chi connectivity index (χ3n) is 1.09. The average Bonchev–Trinajstić information content (AvgIpc) is 2.22. The molecule has 0 saturated heterocycles. The lowest BCUT2D eigenvalue weighted by Gasteiger charge is -1.92. The van der Waals surface area contributed by atoms with Gasteiger partial charge in [-0.1, -0.05) is 18.7 Å². The van der Waals surface area contributed by atoms with Crippen molar-refractivity contribution in [2.45, 2.75) is 6.42 Å². The van der Waals surface area contributed by atoms with Crippen LogP contribution >= 0.6 is 0 Å². The number of hydrogen-bond donors (Lipinski definition) is 1. The molecule has 74 valence electrons. The van der Waals surface area contributed by atoms with Gasteiger partial charge in [0.05, 0.1) is 0 Å². The summed E-state index contributed by atoms with van der Waals surface area (Å²) in [6.45, 7) is 6.97. The van der Waals surface area contributed by atoms with E-state index in [9.17, 15) is 4.79 Å². The maximum Gasteiger partial charge on any atom is 0.186 e. The van der Waals surface area contributed by atoms with Crippen LogP contribution in [0.2, 0.25) is 0 Å². The standard InChI is InChI=1S/C10H13N3O/c1-3-5-6-8-11-10(9-14)13-12-7-4-2/h3-4,6-9H,1-2,5H2,(H,11,13)/b8-6+,12-7+. The van der Waals surface area contributed by atoms with E-state index < -0.39 is 0 Å². The van der Waals surface area contributed by atoms with E-state index in [2.05, 4.69) is 28.7 Å². The van der Waals surface area contributed by atoms with Crippen molar-refractivity contribution < 1.29 is 4.79 Å². The van der Waals surface area contributed by atoms with Crippen molar-refractivity contribution in [3.63, 3.8) is 0 Å². The summed E-state index contributed by atoms with van der Waals surface area (Å²) < 4.78 is 0. The van der Waals surface area contributed by atoms with Gasteiger partial charge in [0.1, 0.15) is 0 Å². The second-order valence-corrected chi connectivity index (χ2v) is 2.17. The van der Waals surface area contributed by atoms with Gasteiger partial charge in [0.25, 0.3) is 0 Å². The molecule has 0 aromatic carbocycles. The smallest absolute Gasteiger partial charge is 0.186 e. The van der Waals surface area contributed by atoms with Crippen LogP contribution in [0.5, 0.6) is 0 Å². The quantitative estimate of drug-likeness (QED) is 0.227. The highest BCUT2D eigenvalue weighted by atomic mass is 16.1. The van der Waals surface area contributed by atoms with E-state index in [1.54, 1.807) is 12.2 Å². The molecule has 0 saturated carbocycles. The molecular formula is C10H13N3O. The molecule has 14 heavy (non-hydrogen) atoms. The predicted molar refractivity (Wildman–Crippen MR) is 59.3 cm³/mol. The van der Waals surface area contributed by atoms with Crippen LogP contribution in [0.25, 0.3) is 0 Å². The van der Waals surface area contributed by atoms with Crippen LogP contribution in [-0.2, 0) is 4.79 Å². The Balaban J connectivity index is 4.10. The zero-order valence-corrected chi connectivity index (χ0v) is 7.89. The van der Waals surface area contributed by atoms with Gasteiger partial charge in [-0.3, -0.25) is 10.2 Å². The summed E-state index contributed by atoms with van der Waals surface area (Å²) in [5, 5.41) is 3.65. The first kappa shape index (κ1) is 12.0. The number of carbonyl (C=O) groups excluding carboxylic acids is 1. The fourth-order valence-electron chi connectivity index (χ4n) is 0.532. The van der Waals surface area contributed by atoms with Gasteiger partial charge in [0.2, 0.25) is 0 Å². The van der Waals surface area contributed by atoms with Crippen LogP contribution in [0, 0.1) is 0 Å². The molecule has 0 unspecified atom stereocenters. The van der Waals surface area contributed by atoms with E-state index in [0.29, 0.717) is 12.7 Å². The Morgan fingerprint density at radius 1 is 1.43 bits per heavy atom. The molecule has 4 heteroatoms. The van der Waals surface area contributed by atoms with E-state index in [4.69, 9.17) is 0 Å². The van der Waals surface area contributed by atoms with Gasteiger partial charge in [-0.2, -0.15) is 5.10 Å². The molecule has 0 aliphatic carbocycles. The van der Waals surface area contributed by atoms with Crippen LogP contribution in [-0.4, -0.2) is 18.3 Å². The van der Waals surface area contributed by atoms with Gasteiger partial charge in [-0.15, -0.1) is 6.58 Å². The molecule has 4 nitrogen and oxygen atoms in total. The minimum absolute atomic E-state index is 0.142. The normalized spacial score (nSPS) is 11.9. The van der Waals surface area contributed by atoms with Crippen LogP contribution in [0.1, 0.15) is 6.42 Å². The van der Waals surface area contributed by atoms with E-state index in [1.807, 2.05) is 0 Å². The van der Waals surface area contributed by atoms with Crippen molar-refractivity contribution in [1.82, 2.24) is 5.43 Å². The molecule has 0 spiro atoms. The summed E-state index contributed by atoms with van der Waals surface area (Å²) in [6.07, 6.45) is 9.23. The topological polar surface area (TPSA) is 53.8 Å². The van der Waals surface area contributed by atoms with Crippen molar-refractivity contribution in [2.75, 3.05) is 0 Å². The maximum atomic E-state index is 10.4.